The molecule has 0 N–H and O–H groups in total. The van der Waals surface area contributed by atoms with Gasteiger partial charge in [-0.2, -0.15) is 0 Å². The van der Waals surface area contributed by atoms with Gasteiger partial charge in [-0.05, 0) is 179 Å². The van der Waals surface area contributed by atoms with Crippen LogP contribution in [0.3, 0.4) is 0 Å². The van der Waals surface area contributed by atoms with Crippen molar-refractivity contribution in [1.29, 1.82) is 0 Å². The first kappa shape index (κ1) is 44.5. The molecule has 4 nitrogen and oxygen atoms in total. The second kappa shape index (κ2) is 19.0. The van der Waals surface area contributed by atoms with Crippen LogP contribution in [0.1, 0.15) is 0 Å². The highest BCUT2D eigenvalue weighted by molar-refractivity contribution is 6.14. The number of fused-ring (bicyclic) bond motifs is 6. The van der Waals surface area contributed by atoms with Crippen molar-refractivity contribution in [2.45, 2.75) is 0 Å². The van der Waals surface area contributed by atoms with E-state index in [1.54, 1.807) is 0 Å². The summed E-state index contributed by atoms with van der Waals surface area (Å²) in [5.74, 6) is 0. The molecule has 14 rings (SSSR count). The van der Waals surface area contributed by atoms with Crippen LogP contribution in [0.2, 0.25) is 0 Å². The monoisotopic (exact) mass is 970 g/mol. The van der Waals surface area contributed by atoms with Gasteiger partial charge in [0.2, 0.25) is 0 Å². The fourth-order valence-corrected chi connectivity index (χ4v) is 11.3. The number of benzene rings is 12. The highest BCUT2D eigenvalue weighted by Gasteiger charge is 2.19. The second-order valence-electron chi connectivity index (χ2n) is 19.4. The molecular weight excluding hydrogens is 921 g/mol. The Kier molecular flexibility index (Phi) is 11.2. The maximum Gasteiger partial charge on any atom is 0.0541 e. The summed E-state index contributed by atoms with van der Waals surface area (Å²) >= 11 is 0. The predicted octanol–water partition coefficient (Wildman–Crippen LogP) is 19.8. The van der Waals surface area contributed by atoms with Crippen LogP contribution in [-0.4, -0.2) is 9.13 Å². The van der Waals surface area contributed by atoms with Crippen LogP contribution < -0.4 is 9.80 Å². The normalized spacial score (nSPS) is 11.4. The van der Waals surface area contributed by atoms with Gasteiger partial charge in [-0.15, -0.1) is 0 Å². The Balaban J connectivity index is 0.875. The van der Waals surface area contributed by atoms with Crippen molar-refractivity contribution in [2.75, 3.05) is 9.80 Å². The zero-order valence-electron chi connectivity index (χ0n) is 41.7. The highest BCUT2D eigenvalue weighted by atomic mass is 15.1. The molecule has 0 saturated heterocycles. The van der Waals surface area contributed by atoms with Crippen LogP contribution in [0.15, 0.2) is 303 Å². The van der Waals surface area contributed by atoms with E-state index in [9.17, 15) is 0 Å². The van der Waals surface area contributed by atoms with Gasteiger partial charge in [0.15, 0.2) is 0 Å². The SMILES string of the molecule is c1ccc(N(c2ccccc2)c2ccc(-c3ccc4c(c3)c3cc(-c5ccc6c(c5)c5cc(-c7ccc(N(c8ccccc8)c8ccccc8)cc7)ccc5n6-c5ccccc5)ccc3n4-c3ccccc3)cc2)cc1. The molecule has 0 spiro atoms. The molecule has 0 radical (unpaired) electrons. The number of rotatable bonds is 11. The Labute approximate surface area is 442 Å². The first-order valence-electron chi connectivity index (χ1n) is 26.0. The molecular formula is C72H50N4. The molecule has 0 saturated carbocycles. The lowest BCUT2D eigenvalue weighted by atomic mass is 9.98. The third kappa shape index (κ3) is 7.97. The van der Waals surface area contributed by atoms with E-state index in [4.69, 9.17) is 0 Å². The third-order valence-corrected chi connectivity index (χ3v) is 14.9. The summed E-state index contributed by atoms with van der Waals surface area (Å²) in [7, 11) is 0. The summed E-state index contributed by atoms with van der Waals surface area (Å²) in [6, 6.07) is 110. The number of anilines is 6. The molecule has 76 heavy (non-hydrogen) atoms. The van der Waals surface area contributed by atoms with Crippen molar-refractivity contribution >= 4 is 77.7 Å². The van der Waals surface area contributed by atoms with Gasteiger partial charge in [0.25, 0.3) is 0 Å². The van der Waals surface area contributed by atoms with E-state index >= 15 is 0 Å². The smallest absolute Gasteiger partial charge is 0.0541 e. The average Bonchev–Trinajstić information content (AvgIpc) is 4.08. The molecule has 2 aromatic heterocycles. The summed E-state index contributed by atoms with van der Waals surface area (Å²) in [6.07, 6.45) is 0. The van der Waals surface area contributed by atoms with E-state index in [0.717, 1.165) is 45.5 Å². The Morgan fingerprint density at radius 1 is 0.184 bits per heavy atom. The standard InChI is InChI=1S/C72H50N4/c1-7-19-57(20-8-1)73(58-21-9-2-10-22-58)63-39-31-51(32-40-63)53-35-43-69-65(47-53)67-49-55(37-45-71(67)75(69)61-27-15-5-16-28-61)56-38-46-72-68(50-56)66-48-54(36-44-70(66)76(72)62-29-17-6-18-30-62)52-33-41-64(42-34-52)74(59-23-11-3-12-24-59)60-25-13-4-14-26-60/h1-50H. The zero-order chi connectivity index (χ0) is 50.4. The van der Waals surface area contributed by atoms with Gasteiger partial charge in [-0.25, -0.2) is 0 Å². The fraction of sp³-hybridized carbons (Fsp3) is 0. The lowest BCUT2D eigenvalue weighted by Gasteiger charge is -2.25. The summed E-state index contributed by atoms with van der Waals surface area (Å²) in [5.41, 5.74) is 20.7. The van der Waals surface area contributed by atoms with Crippen LogP contribution in [-0.2, 0) is 0 Å². The van der Waals surface area contributed by atoms with Crippen molar-refractivity contribution in [2.24, 2.45) is 0 Å². The van der Waals surface area contributed by atoms with Gasteiger partial charge in [-0.1, -0.05) is 158 Å². The van der Waals surface area contributed by atoms with E-state index in [-0.39, 0.29) is 0 Å². The van der Waals surface area contributed by atoms with Crippen LogP contribution in [0.4, 0.5) is 34.1 Å². The Bertz CT molecular complexity index is 3980. The highest BCUT2D eigenvalue weighted by Crippen LogP contribution is 2.42. The molecule has 12 aromatic carbocycles. The molecule has 0 atom stereocenters. The van der Waals surface area contributed by atoms with E-state index in [0.29, 0.717) is 0 Å². The van der Waals surface area contributed by atoms with Crippen LogP contribution >= 0.6 is 0 Å². The Hall–Kier alpha value is -10.2. The topological polar surface area (TPSA) is 16.3 Å². The lowest BCUT2D eigenvalue weighted by molar-refractivity contribution is 1.18. The third-order valence-electron chi connectivity index (χ3n) is 14.9. The summed E-state index contributed by atoms with van der Waals surface area (Å²) in [5, 5.41) is 4.85. The quantitative estimate of drug-likeness (QED) is 0.128. The first-order valence-corrected chi connectivity index (χ1v) is 26.0. The van der Waals surface area contributed by atoms with Crippen molar-refractivity contribution in [1.82, 2.24) is 9.13 Å². The molecule has 0 fully saturated rings. The van der Waals surface area contributed by atoms with E-state index in [1.165, 1.54) is 77.0 Å². The molecule has 0 aliphatic rings. The lowest BCUT2D eigenvalue weighted by Crippen LogP contribution is -2.09. The fourth-order valence-electron chi connectivity index (χ4n) is 11.3. The number of hydrogen-bond acceptors (Lipinski definition) is 2. The maximum absolute atomic E-state index is 2.41. The van der Waals surface area contributed by atoms with Crippen LogP contribution in [0.25, 0.3) is 88.4 Å². The maximum atomic E-state index is 2.41. The molecule has 2 heterocycles. The molecule has 14 aromatic rings. The molecule has 0 amide bonds. The minimum atomic E-state index is 1.11. The molecule has 0 aliphatic carbocycles. The molecule has 0 aliphatic heterocycles. The van der Waals surface area contributed by atoms with Gasteiger partial charge < -0.3 is 18.9 Å². The number of nitrogens with zero attached hydrogens (tertiary/aromatic N) is 4. The molecule has 4 heteroatoms. The van der Waals surface area contributed by atoms with Gasteiger partial charge in [0.05, 0.1) is 22.1 Å². The first-order chi connectivity index (χ1) is 37.7. The number of para-hydroxylation sites is 6. The molecule has 0 unspecified atom stereocenters. The van der Waals surface area contributed by atoms with Gasteiger partial charge in [0.1, 0.15) is 0 Å². The zero-order valence-corrected chi connectivity index (χ0v) is 41.7. The Morgan fingerprint density at radius 3 is 0.658 bits per heavy atom. The summed E-state index contributed by atoms with van der Waals surface area (Å²) < 4.78 is 4.81. The van der Waals surface area contributed by atoms with E-state index in [1.807, 2.05) is 0 Å². The van der Waals surface area contributed by atoms with Crippen molar-refractivity contribution in [3.63, 3.8) is 0 Å². The van der Waals surface area contributed by atoms with E-state index < -0.39 is 0 Å². The Morgan fingerprint density at radius 2 is 0.395 bits per heavy atom. The summed E-state index contributed by atoms with van der Waals surface area (Å²) in [4.78, 5) is 4.62. The van der Waals surface area contributed by atoms with Crippen molar-refractivity contribution < 1.29 is 0 Å². The van der Waals surface area contributed by atoms with Crippen LogP contribution in [0.5, 0.6) is 0 Å². The van der Waals surface area contributed by atoms with Crippen LogP contribution in [0, 0.1) is 0 Å². The largest absolute Gasteiger partial charge is 0.311 e. The number of aromatic nitrogens is 2. The number of hydrogen-bond donors (Lipinski definition) is 0. The minimum Gasteiger partial charge on any atom is -0.311 e. The van der Waals surface area contributed by atoms with Gasteiger partial charge >= 0.3 is 0 Å². The van der Waals surface area contributed by atoms with Gasteiger partial charge in [-0.3, -0.25) is 0 Å². The van der Waals surface area contributed by atoms with Crippen molar-refractivity contribution in [3.8, 4) is 44.8 Å². The van der Waals surface area contributed by atoms with Gasteiger partial charge in [0, 0.05) is 67.0 Å². The van der Waals surface area contributed by atoms with E-state index in [2.05, 4.69) is 322 Å². The second-order valence-corrected chi connectivity index (χ2v) is 19.4. The predicted molar refractivity (Wildman–Crippen MR) is 321 cm³/mol. The molecule has 0 bridgehead atoms. The van der Waals surface area contributed by atoms with Crippen molar-refractivity contribution in [3.05, 3.63) is 303 Å². The average molecular weight is 971 g/mol. The summed E-state index contributed by atoms with van der Waals surface area (Å²) in [6.45, 7) is 0. The molecule has 358 valence electrons. The minimum absolute atomic E-state index is 1.11.